The highest BCUT2D eigenvalue weighted by atomic mass is 16.7. The summed E-state index contributed by atoms with van der Waals surface area (Å²) in [4.78, 5) is 13.7. The smallest absolute Gasteiger partial charge is 0.231 e. The van der Waals surface area contributed by atoms with Gasteiger partial charge in [0.15, 0.2) is 17.3 Å². The second-order valence-corrected chi connectivity index (χ2v) is 11.5. The molecule has 0 aromatic heterocycles. The lowest BCUT2D eigenvalue weighted by Gasteiger charge is -2.59. The maximum absolute atomic E-state index is 13.7. The van der Waals surface area contributed by atoms with E-state index in [1.54, 1.807) is 7.11 Å². The Labute approximate surface area is 191 Å². The summed E-state index contributed by atoms with van der Waals surface area (Å²) in [5.74, 6) is 5.33. The highest BCUT2D eigenvalue weighted by Crippen LogP contribution is 2.66. The number of ketones is 1. The van der Waals surface area contributed by atoms with Gasteiger partial charge in [-0.2, -0.15) is 0 Å². The van der Waals surface area contributed by atoms with Gasteiger partial charge in [0.1, 0.15) is 0 Å². The van der Waals surface area contributed by atoms with E-state index in [1.165, 1.54) is 44.9 Å². The van der Waals surface area contributed by atoms with E-state index in [4.69, 9.17) is 14.2 Å². The Kier molecular flexibility index (Phi) is 4.68. The summed E-state index contributed by atoms with van der Waals surface area (Å²) >= 11 is 0. The van der Waals surface area contributed by atoms with Crippen molar-refractivity contribution >= 4 is 11.9 Å². The third-order valence-electron chi connectivity index (χ3n) is 10.2. The standard InChI is InChI=1S/C28H36O4/c1-27-10-5-4-6-19(27)7-8-20-21(27)9-11-28(2)22(20)15-18(26(28)29)12-17-13-23(30-3)25-24(14-17)31-16-32-25/h12-14,19-22H,4-11,15-16H2,1-3H3/b18-12+/t19-,20-,21+,22+,27+,28+/m1/s1. The molecule has 4 fully saturated rings. The molecule has 1 heterocycles. The third-order valence-corrected chi connectivity index (χ3v) is 10.2. The number of rotatable bonds is 2. The molecular weight excluding hydrogens is 400 g/mol. The molecular formula is C28H36O4. The number of allylic oxidation sites excluding steroid dienone is 1. The van der Waals surface area contributed by atoms with Crippen LogP contribution in [0.2, 0.25) is 0 Å². The second-order valence-electron chi connectivity index (χ2n) is 11.5. The molecule has 6 rings (SSSR count). The number of methoxy groups -OCH3 is 1. The van der Waals surface area contributed by atoms with Crippen LogP contribution >= 0.6 is 0 Å². The third kappa shape index (κ3) is 2.83. The first-order chi connectivity index (χ1) is 15.4. The average Bonchev–Trinajstić information content (AvgIpc) is 3.36. The fraction of sp³-hybridized carbons (Fsp3) is 0.679. The van der Waals surface area contributed by atoms with Gasteiger partial charge in [-0.1, -0.05) is 26.7 Å². The van der Waals surface area contributed by atoms with Gasteiger partial charge in [-0.25, -0.2) is 0 Å². The number of carbonyl (C=O) groups excluding carboxylic acids is 1. The predicted molar refractivity (Wildman–Crippen MR) is 124 cm³/mol. The van der Waals surface area contributed by atoms with E-state index in [-0.39, 0.29) is 12.2 Å². The molecule has 6 atom stereocenters. The second kappa shape index (κ2) is 7.27. The van der Waals surface area contributed by atoms with Crippen molar-refractivity contribution in [3.63, 3.8) is 0 Å². The van der Waals surface area contributed by atoms with Gasteiger partial charge in [-0.05, 0) is 103 Å². The summed E-state index contributed by atoms with van der Waals surface area (Å²) in [6, 6.07) is 3.95. The van der Waals surface area contributed by atoms with Crippen molar-refractivity contribution < 1.29 is 19.0 Å². The molecule has 4 heteroatoms. The highest BCUT2D eigenvalue weighted by molar-refractivity contribution is 6.06. The summed E-state index contributed by atoms with van der Waals surface area (Å²) < 4.78 is 16.7. The van der Waals surface area contributed by atoms with Crippen molar-refractivity contribution in [1.29, 1.82) is 0 Å². The Morgan fingerprint density at radius 1 is 1.03 bits per heavy atom. The van der Waals surface area contributed by atoms with Crippen LogP contribution in [0.1, 0.15) is 77.2 Å². The SMILES string of the molecule is COc1cc(/C=C2\C[C@H]3[C@@H]4CC[C@H]5CCCC[C@]5(C)[C@H]4CC[C@]3(C)C2=O)cc2c1OCO2. The molecule has 4 saturated carbocycles. The first-order valence-corrected chi connectivity index (χ1v) is 12.7. The molecule has 1 aromatic rings. The first-order valence-electron chi connectivity index (χ1n) is 12.7. The zero-order chi connectivity index (χ0) is 22.1. The normalized spacial score (nSPS) is 41.2. The molecule has 5 aliphatic rings. The van der Waals surface area contributed by atoms with Crippen molar-refractivity contribution in [3.8, 4) is 17.2 Å². The van der Waals surface area contributed by atoms with Crippen molar-refractivity contribution in [1.82, 2.24) is 0 Å². The fourth-order valence-corrected chi connectivity index (χ4v) is 8.53. The Balaban J connectivity index is 1.32. The fourth-order valence-electron chi connectivity index (χ4n) is 8.53. The van der Waals surface area contributed by atoms with E-state index in [0.29, 0.717) is 40.3 Å². The summed E-state index contributed by atoms with van der Waals surface area (Å²) in [5.41, 5.74) is 2.28. The monoisotopic (exact) mass is 436 g/mol. The lowest BCUT2D eigenvalue weighted by Crippen LogP contribution is -2.52. The molecule has 32 heavy (non-hydrogen) atoms. The number of benzene rings is 1. The predicted octanol–water partition coefficient (Wildman–Crippen LogP) is 6.42. The Morgan fingerprint density at radius 3 is 2.75 bits per heavy atom. The Morgan fingerprint density at radius 2 is 1.91 bits per heavy atom. The molecule has 4 aliphatic carbocycles. The van der Waals surface area contributed by atoms with E-state index in [2.05, 4.69) is 19.9 Å². The van der Waals surface area contributed by atoms with Crippen molar-refractivity contribution in [2.24, 2.45) is 34.5 Å². The molecule has 0 unspecified atom stereocenters. The molecule has 0 bridgehead atoms. The van der Waals surface area contributed by atoms with Gasteiger partial charge < -0.3 is 14.2 Å². The summed E-state index contributed by atoms with van der Waals surface area (Å²) in [6.07, 6.45) is 13.7. The maximum Gasteiger partial charge on any atom is 0.231 e. The minimum atomic E-state index is -0.189. The lowest BCUT2D eigenvalue weighted by molar-refractivity contribution is -0.137. The van der Waals surface area contributed by atoms with Crippen molar-refractivity contribution in [2.45, 2.75) is 71.6 Å². The topological polar surface area (TPSA) is 44.8 Å². The molecule has 1 aromatic carbocycles. The number of hydrogen-bond acceptors (Lipinski definition) is 4. The van der Waals surface area contributed by atoms with E-state index >= 15 is 0 Å². The molecule has 0 radical (unpaired) electrons. The van der Waals surface area contributed by atoms with Crippen LogP contribution in [0, 0.1) is 34.5 Å². The van der Waals surface area contributed by atoms with Gasteiger partial charge in [0.05, 0.1) is 7.11 Å². The van der Waals surface area contributed by atoms with Crippen molar-refractivity contribution in [2.75, 3.05) is 13.9 Å². The Bertz CT molecular complexity index is 980. The number of carbonyl (C=O) groups is 1. The molecule has 0 N–H and O–H groups in total. The van der Waals surface area contributed by atoms with Crippen LogP contribution in [-0.2, 0) is 4.79 Å². The van der Waals surface area contributed by atoms with Crippen LogP contribution < -0.4 is 14.2 Å². The molecule has 4 nitrogen and oxygen atoms in total. The number of Topliss-reactive ketones (excluding diaryl/α,β-unsaturated/α-hetero) is 1. The van der Waals surface area contributed by atoms with Crippen LogP contribution in [0.25, 0.3) is 6.08 Å². The van der Waals surface area contributed by atoms with Crippen LogP contribution in [0.4, 0.5) is 0 Å². The number of ether oxygens (including phenoxy) is 3. The number of fused-ring (bicyclic) bond motifs is 6. The minimum Gasteiger partial charge on any atom is -0.493 e. The van der Waals surface area contributed by atoms with Crippen LogP contribution in [0.15, 0.2) is 17.7 Å². The Hall–Kier alpha value is -1.97. The van der Waals surface area contributed by atoms with Gasteiger partial charge in [0, 0.05) is 5.41 Å². The lowest BCUT2D eigenvalue weighted by atomic mass is 9.45. The maximum atomic E-state index is 13.7. The molecule has 0 amide bonds. The summed E-state index contributed by atoms with van der Waals surface area (Å²) in [7, 11) is 1.65. The van der Waals surface area contributed by atoms with E-state index < -0.39 is 0 Å². The van der Waals surface area contributed by atoms with Crippen molar-refractivity contribution in [3.05, 3.63) is 23.3 Å². The van der Waals surface area contributed by atoms with E-state index in [9.17, 15) is 4.79 Å². The van der Waals surface area contributed by atoms with Crippen LogP contribution in [0.5, 0.6) is 17.2 Å². The van der Waals surface area contributed by atoms with Gasteiger partial charge in [0.2, 0.25) is 12.5 Å². The van der Waals surface area contributed by atoms with Gasteiger partial charge in [0.25, 0.3) is 0 Å². The van der Waals surface area contributed by atoms with Crippen LogP contribution in [-0.4, -0.2) is 19.7 Å². The number of hydrogen-bond donors (Lipinski definition) is 0. The quantitative estimate of drug-likeness (QED) is 0.502. The van der Waals surface area contributed by atoms with E-state index in [0.717, 1.165) is 35.8 Å². The molecule has 172 valence electrons. The molecule has 0 spiro atoms. The van der Waals surface area contributed by atoms with E-state index in [1.807, 2.05) is 12.1 Å². The zero-order valence-electron chi connectivity index (χ0n) is 19.7. The van der Waals surface area contributed by atoms with Gasteiger partial charge >= 0.3 is 0 Å². The summed E-state index contributed by atoms with van der Waals surface area (Å²) in [6.45, 7) is 5.09. The summed E-state index contributed by atoms with van der Waals surface area (Å²) in [5, 5.41) is 0. The minimum absolute atomic E-state index is 0.189. The largest absolute Gasteiger partial charge is 0.493 e. The average molecular weight is 437 g/mol. The van der Waals surface area contributed by atoms with Gasteiger partial charge in [-0.15, -0.1) is 0 Å². The molecule has 0 saturated heterocycles. The van der Waals surface area contributed by atoms with Crippen LogP contribution in [0.3, 0.4) is 0 Å². The first kappa shape index (κ1) is 20.6. The van der Waals surface area contributed by atoms with Gasteiger partial charge in [-0.3, -0.25) is 4.79 Å². The zero-order valence-corrected chi connectivity index (χ0v) is 19.7. The molecule has 1 aliphatic heterocycles. The highest BCUT2D eigenvalue weighted by Gasteiger charge is 2.60.